The third kappa shape index (κ3) is 5.69. The summed E-state index contributed by atoms with van der Waals surface area (Å²) in [6.45, 7) is 7.14. The van der Waals surface area contributed by atoms with Crippen molar-refractivity contribution in [2.45, 2.75) is 19.4 Å². The summed E-state index contributed by atoms with van der Waals surface area (Å²) in [7, 11) is 3.78. The predicted molar refractivity (Wildman–Crippen MR) is 108 cm³/mol. The zero-order chi connectivity index (χ0) is 19.9. The van der Waals surface area contributed by atoms with Gasteiger partial charge < -0.3 is 24.8 Å². The zero-order valence-corrected chi connectivity index (χ0v) is 17.0. The zero-order valence-electron chi connectivity index (χ0n) is 17.0. The molecule has 3 rings (SSSR count). The molecule has 154 valence electrons. The summed E-state index contributed by atoms with van der Waals surface area (Å²) in [5.74, 6) is 0.608. The first-order valence-electron chi connectivity index (χ1n) is 10.1. The molecule has 1 aromatic rings. The maximum atomic E-state index is 12.4. The summed E-state index contributed by atoms with van der Waals surface area (Å²) >= 11 is 0. The highest BCUT2D eigenvalue weighted by molar-refractivity contribution is 5.89. The molecule has 7 heteroatoms. The first-order valence-corrected chi connectivity index (χ1v) is 10.1. The number of nitrogens with zero attached hydrogens (tertiary/aromatic N) is 3. The Morgan fingerprint density at radius 2 is 1.89 bits per heavy atom. The summed E-state index contributed by atoms with van der Waals surface area (Å²) in [4.78, 5) is 31.3. The molecule has 1 atom stereocenters. The van der Waals surface area contributed by atoms with Crippen LogP contribution in [-0.4, -0.2) is 86.5 Å². The standard InChI is InChI=1S/C21H32N4O3/c1-23-10-12-24(13-11-23)9-3-8-22-21(27)18-14-20(26)25(16-18)15-17-4-6-19(28-2)7-5-17/h4-7,18H,3,8-16H2,1-2H3,(H,22,27). The van der Waals surface area contributed by atoms with E-state index in [1.807, 2.05) is 24.3 Å². The van der Waals surface area contributed by atoms with E-state index in [-0.39, 0.29) is 17.7 Å². The number of amides is 2. The molecule has 1 N–H and O–H groups in total. The lowest BCUT2D eigenvalue weighted by atomic mass is 10.1. The van der Waals surface area contributed by atoms with E-state index in [4.69, 9.17) is 4.74 Å². The molecule has 28 heavy (non-hydrogen) atoms. The van der Waals surface area contributed by atoms with Crippen molar-refractivity contribution in [3.63, 3.8) is 0 Å². The van der Waals surface area contributed by atoms with E-state index in [1.54, 1.807) is 12.0 Å². The van der Waals surface area contributed by atoms with E-state index < -0.39 is 0 Å². The Labute approximate surface area is 167 Å². The Bertz CT molecular complexity index is 656. The second kappa shape index (κ2) is 9.89. The van der Waals surface area contributed by atoms with Gasteiger partial charge in [-0.15, -0.1) is 0 Å². The topological polar surface area (TPSA) is 65.1 Å². The first-order chi connectivity index (χ1) is 13.5. The van der Waals surface area contributed by atoms with Crippen LogP contribution in [0.15, 0.2) is 24.3 Å². The number of nitrogens with one attached hydrogen (secondary N) is 1. The minimum Gasteiger partial charge on any atom is -0.497 e. The van der Waals surface area contributed by atoms with Gasteiger partial charge in [0.2, 0.25) is 11.8 Å². The van der Waals surface area contributed by atoms with Crippen molar-refractivity contribution in [2.75, 3.05) is 60.0 Å². The predicted octanol–water partition coefficient (Wildman–Crippen LogP) is 0.797. The molecule has 2 aliphatic rings. The van der Waals surface area contributed by atoms with Crippen molar-refractivity contribution in [1.29, 1.82) is 0 Å². The molecule has 0 spiro atoms. The van der Waals surface area contributed by atoms with Crippen molar-refractivity contribution >= 4 is 11.8 Å². The largest absolute Gasteiger partial charge is 0.497 e. The van der Waals surface area contributed by atoms with Crippen molar-refractivity contribution in [2.24, 2.45) is 5.92 Å². The molecule has 0 saturated carbocycles. The second-order valence-electron chi connectivity index (χ2n) is 7.81. The van der Waals surface area contributed by atoms with Crippen molar-refractivity contribution in [3.05, 3.63) is 29.8 Å². The number of piperazine rings is 1. The molecule has 2 saturated heterocycles. The molecule has 2 fully saturated rings. The fourth-order valence-corrected chi connectivity index (χ4v) is 3.78. The third-order valence-corrected chi connectivity index (χ3v) is 5.66. The van der Waals surface area contributed by atoms with Crippen LogP contribution in [0.4, 0.5) is 0 Å². The highest BCUT2D eigenvalue weighted by Crippen LogP contribution is 2.21. The van der Waals surface area contributed by atoms with Gasteiger partial charge in [0, 0.05) is 52.2 Å². The van der Waals surface area contributed by atoms with Crippen LogP contribution in [0, 0.1) is 5.92 Å². The summed E-state index contributed by atoms with van der Waals surface area (Å²) in [6, 6.07) is 7.69. The van der Waals surface area contributed by atoms with Gasteiger partial charge in [0.05, 0.1) is 13.0 Å². The van der Waals surface area contributed by atoms with Crippen LogP contribution < -0.4 is 10.1 Å². The Balaban J connectivity index is 1.37. The first kappa shape index (κ1) is 20.6. The Kier molecular flexibility index (Phi) is 7.28. The van der Waals surface area contributed by atoms with E-state index in [0.29, 0.717) is 26.1 Å². The quantitative estimate of drug-likeness (QED) is 0.668. The molecule has 0 aromatic heterocycles. The van der Waals surface area contributed by atoms with Gasteiger partial charge in [-0.05, 0) is 37.7 Å². The number of methoxy groups -OCH3 is 1. The molecule has 2 amide bonds. The number of likely N-dealkylation sites (N-methyl/N-ethyl adjacent to an activating group) is 1. The fourth-order valence-electron chi connectivity index (χ4n) is 3.78. The Morgan fingerprint density at radius 1 is 1.18 bits per heavy atom. The summed E-state index contributed by atoms with van der Waals surface area (Å²) in [6.07, 6.45) is 1.26. The number of hydrogen-bond acceptors (Lipinski definition) is 5. The summed E-state index contributed by atoms with van der Waals surface area (Å²) in [5, 5.41) is 3.02. The van der Waals surface area contributed by atoms with Gasteiger partial charge >= 0.3 is 0 Å². The highest BCUT2D eigenvalue weighted by atomic mass is 16.5. The fraction of sp³-hybridized carbons (Fsp3) is 0.619. The van der Waals surface area contributed by atoms with Crippen LogP contribution in [0.5, 0.6) is 5.75 Å². The van der Waals surface area contributed by atoms with Gasteiger partial charge in [-0.2, -0.15) is 0 Å². The van der Waals surface area contributed by atoms with Gasteiger partial charge in [0.25, 0.3) is 0 Å². The van der Waals surface area contributed by atoms with Crippen molar-refractivity contribution in [3.8, 4) is 5.75 Å². The number of likely N-dealkylation sites (tertiary alicyclic amines) is 1. The Morgan fingerprint density at radius 3 is 2.57 bits per heavy atom. The van der Waals surface area contributed by atoms with Gasteiger partial charge in [-0.1, -0.05) is 12.1 Å². The molecule has 0 bridgehead atoms. The molecule has 7 nitrogen and oxygen atoms in total. The highest BCUT2D eigenvalue weighted by Gasteiger charge is 2.34. The maximum absolute atomic E-state index is 12.4. The lowest BCUT2D eigenvalue weighted by Gasteiger charge is -2.32. The molecular weight excluding hydrogens is 356 g/mol. The normalized spacial score (nSPS) is 21.1. The van der Waals surface area contributed by atoms with Gasteiger partial charge in [-0.3, -0.25) is 9.59 Å². The molecular formula is C21H32N4O3. The third-order valence-electron chi connectivity index (χ3n) is 5.66. The second-order valence-corrected chi connectivity index (χ2v) is 7.81. The average Bonchev–Trinajstić information content (AvgIpc) is 3.07. The van der Waals surface area contributed by atoms with Gasteiger partial charge in [0.1, 0.15) is 5.75 Å². The SMILES string of the molecule is COc1ccc(CN2CC(C(=O)NCCCN3CCN(C)CC3)CC2=O)cc1. The van der Waals surface area contributed by atoms with E-state index in [1.165, 1.54) is 0 Å². The maximum Gasteiger partial charge on any atom is 0.225 e. The summed E-state index contributed by atoms with van der Waals surface area (Å²) in [5.41, 5.74) is 1.04. The molecule has 1 unspecified atom stereocenters. The number of benzene rings is 1. The van der Waals surface area contributed by atoms with Crippen molar-refractivity contribution in [1.82, 2.24) is 20.0 Å². The molecule has 0 aliphatic carbocycles. The lowest BCUT2D eigenvalue weighted by Crippen LogP contribution is -2.45. The van der Waals surface area contributed by atoms with Gasteiger partial charge in [-0.25, -0.2) is 0 Å². The monoisotopic (exact) mass is 388 g/mol. The molecule has 2 aliphatic heterocycles. The number of rotatable bonds is 8. The van der Waals surface area contributed by atoms with E-state index in [0.717, 1.165) is 50.5 Å². The molecule has 2 heterocycles. The van der Waals surface area contributed by atoms with Crippen LogP contribution in [0.1, 0.15) is 18.4 Å². The summed E-state index contributed by atoms with van der Waals surface area (Å²) < 4.78 is 5.16. The molecule has 1 aromatic carbocycles. The number of carbonyl (C=O) groups is 2. The van der Waals surface area contributed by atoms with E-state index in [9.17, 15) is 9.59 Å². The lowest BCUT2D eigenvalue weighted by molar-refractivity contribution is -0.129. The number of carbonyl (C=O) groups excluding carboxylic acids is 2. The molecule has 0 radical (unpaired) electrons. The number of hydrogen-bond donors (Lipinski definition) is 1. The van der Waals surface area contributed by atoms with Crippen LogP contribution in [0.3, 0.4) is 0 Å². The van der Waals surface area contributed by atoms with Crippen molar-refractivity contribution < 1.29 is 14.3 Å². The van der Waals surface area contributed by atoms with Crippen LogP contribution >= 0.6 is 0 Å². The van der Waals surface area contributed by atoms with Crippen LogP contribution in [0.25, 0.3) is 0 Å². The minimum atomic E-state index is -0.241. The van der Waals surface area contributed by atoms with E-state index in [2.05, 4.69) is 22.2 Å². The smallest absolute Gasteiger partial charge is 0.225 e. The van der Waals surface area contributed by atoms with Crippen LogP contribution in [0.2, 0.25) is 0 Å². The average molecular weight is 389 g/mol. The number of ether oxygens (including phenoxy) is 1. The van der Waals surface area contributed by atoms with E-state index >= 15 is 0 Å². The minimum absolute atomic E-state index is 0.00367. The Hall–Kier alpha value is -2.12. The van der Waals surface area contributed by atoms with Gasteiger partial charge in [0.15, 0.2) is 0 Å². The van der Waals surface area contributed by atoms with Crippen LogP contribution in [-0.2, 0) is 16.1 Å².